The van der Waals surface area contributed by atoms with Gasteiger partial charge in [-0.15, -0.1) is 0 Å². The van der Waals surface area contributed by atoms with Crippen LogP contribution in [0.1, 0.15) is 102 Å². The number of hydrogen-bond donors (Lipinski definition) is 5. The van der Waals surface area contributed by atoms with Crippen LogP contribution in [-0.4, -0.2) is 81.5 Å². The number of carboxylic acid groups (broad SMARTS) is 1. The van der Waals surface area contributed by atoms with Crippen LogP contribution in [0.3, 0.4) is 0 Å². The molecule has 0 bridgehead atoms. The SMILES string of the molecule is CCCCCCCC(=O)CCCCCCCC1[C@H](C(=O)N[C@@H](Cc2ccc(O)cc2)C(=O)NC)[C@@](O)(CC(=O)O)C(=O)N1C. The Bertz CT molecular complexity index is 1110. The van der Waals surface area contributed by atoms with Gasteiger partial charge in [0.25, 0.3) is 5.91 Å². The highest BCUT2D eigenvalue weighted by Crippen LogP contribution is 2.39. The molecule has 1 saturated heterocycles. The minimum atomic E-state index is -2.46. The van der Waals surface area contributed by atoms with Crippen LogP contribution in [0.2, 0.25) is 0 Å². The van der Waals surface area contributed by atoms with E-state index in [4.69, 9.17) is 0 Å². The van der Waals surface area contributed by atoms with Crippen LogP contribution in [0.4, 0.5) is 0 Å². The molecule has 1 heterocycles. The number of likely N-dealkylation sites (N-methyl/N-ethyl adjacent to an activating group) is 2. The summed E-state index contributed by atoms with van der Waals surface area (Å²) in [5.74, 6) is -4.60. The Labute approximate surface area is 260 Å². The van der Waals surface area contributed by atoms with E-state index in [1.165, 1.54) is 50.4 Å². The van der Waals surface area contributed by atoms with Gasteiger partial charge in [-0.3, -0.25) is 24.0 Å². The van der Waals surface area contributed by atoms with Crippen molar-refractivity contribution in [3.05, 3.63) is 29.8 Å². The number of ketones is 1. The van der Waals surface area contributed by atoms with E-state index in [9.17, 15) is 39.3 Å². The second kappa shape index (κ2) is 18.4. The summed E-state index contributed by atoms with van der Waals surface area (Å²) in [6.45, 7) is 2.16. The first kappa shape index (κ1) is 36.7. The monoisotopic (exact) mass is 617 g/mol. The number of amides is 3. The molecule has 5 N–H and O–H groups in total. The second-order valence-electron chi connectivity index (χ2n) is 12.0. The van der Waals surface area contributed by atoms with Crippen LogP contribution in [0.15, 0.2) is 24.3 Å². The summed E-state index contributed by atoms with van der Waals surface area (Å²) in [7, 11) is 2.87. The van der Waals surface area contributed by atoms with Crippen molar-refractivity contribution in [2.45, 2.75) is 121 Å². The average Bonchev–Trinajstić information content (AvgIpc) is 3.16. The number of rotatable bonds is 21. The molecule has 11 nitrogen and oxygen atoms in total. The van der Waals surface area contributed by atoms with Gasteiger partial charge in [0.15, 0.2) is 5.60 Å². The fraction of sp³-hybridized carbons (Fsp3) is 0.667. The van der Waals surface area contributed by atoms with Gasteiger partial charge in [0.1, 0.15) is 17.6 Å². The predicted octanol–water partition coefficient (Wildman–Crippen LogP) is 3.49. The number of phenolic OH excluding ortho intramolecular Hbond substituents is 1. The topological polar surface area (TPSA) is 173 Å². The highest BCUT2D eigenvalue weighted by Gasteiger charge is 2.61. The Hall–Kier alpha value is -3.47. The van der Waals surface area contributed by atoms with Gasteiger partial charge >= 0.3 is 5.97 Å². The van der Waals surface area contributed by atoms with E-state index in [0.717, 1.165) is 38.5 Å². The van der Waals surface area contributed by atoms with Crippen LogP contribution < -0.4 is 10.6 Å². The molecule has 4 atom stereocenters. The molecule has 0 aromatic heterocycles. The number of Topliss-reactive ketones (excluding diaryl/α,β-unsaturated/α-hetero) is 1. The molecule has 1 unspecified atom stereocenters. The maximum absolute atomic E-state index is 13.7. The number of carbonyl (C=O) groups is 5. The summed E-state index contributed by atoms with van der Waals surface area (Å²) in [5, 5.41) is 35.6. The number of unbranched alkanes of at least 4 members (excludes halogenated alkanes) is 8. The normalized spacial score (nSPS) is 20.4. The number of carboxylic acids is 1. The third kappa shape index (κ3) is 10.9. The van der Waals surface area contributed by atoms with Gasteiger partial charge in [0, 0.05) is 39.4 Å². The van der Waals surface area contributed by atoms with Crippen LogP contribution >= 0.6 is 0 Å². The molecule has 2 rings (SSSR count). The zero-order valence-electron chi connectivity index (χ0n) is 26.5. The van der Waals surface area contributed by atoms with Gasteiger partial charge in [0.2, 0.25) is 11.8 Å². The average molecular weight is 618 g/mol. The minimum Gasteiger partial charge on any atom is -0.508 e. The van der Waals surface area contributed by atoms with Gasteiger partial charge in [-0.2, -0.15) is 0 Å². The summed E-state index contributed by atoms with van der Waals surface area (Å²) >= 11 is 0. The van der Waals surface area contributed by atoms with E-state index < -0.39 is 53.7 Å². The second-order valence-corrected chi connectivity index (χ2v) is 12.0. The van der Waals surface area contributed by atoms with Gasteiger partial charge in [-0.25, -0.2) is 0 Å². The number of aliphatic carboxylic acids is 1. The van der Waals surface area contributed by atoms with Gasteiger partial charge in [-0.1, -0.05) is 70.4 Å². The standard InChI is InChI=1S/C33H51N3O8/c1-4-5-6-8-11-14-24(37)15-12-9-7-10-13-16-27-29(33(44,22-28(39)40)32(43)36(27)3)31(42)35-26(30(41)34-2)21-23-17-19-25(38)20-18-23/h17-20,26-27,29,38,44H,4-16,21-22H2,1-3H3,(H,34,41)(H,35,42)(H,39,40)/t26-,27?,29+,33-/m0/s1. The Morgan fingerprint density at radius 2 is 1.50 bits per heavy atom. The summed E-state index contributed by atoms with van der Waals surface area (Å²) in [6, 6.07) is 4.30. The number of aliphatic hydroxyl groups is 1. The number of benzene rings is 1. The Morgan fingerprint density at radius 3 is 2.07 bits per heavy atom. The Morgan fingerprint density at radius 1 is 0.932 bits per heavy atom. The van der Waals surface area contributed by atoms with E-state index in [1.807, 2.05) is 0 Å². The zero-order chi connectivity index (χ0) is 32.7. The van der Waals surface area contributed by atoms with Crippen molar-refractivity contribution >= 4 is 29.5 Å². The van der Waals surface area contributed by atoms with E-state index in [2.05, 4.69) is 17.6 Å². The first-order valence-corrected chi connectivity index (χ1v) is 16.0. The van der Waals surface area contributed by atoms with Crippen molar-refractivity contribution in [2.75, 3.05) is 14.1 Å². The molecule has 1 fully saturated rings. The zero-order valence-corrected chi connectivity index (χ0v) is 26.5. The largest absolute Gasteiger partial charge is 0.508 e. The van der Waals surface area contributed by atoms with Gasteiger partial charge in [-0.05, 0) is 37.0 Å². The van der Waals surface area contributed by atoms with E-state index in [1.54, 1.807) is 12.1 Å². The number of nitrogens with zero attached hydrogens (tertiary/aromatic N) is 1. The third-order valence-electron chi connectivity index (χ3n) is 8.56. The fourth-order valence-electron chi connectivity index (χ4n) is 6.07. The summed E-state index contributed by atoms with van der Waals surface area (Å²) < 4.78 is 0. The van der Waals surface area contributed by atoms with Crippen LogP contribution in [0.5, 0.6) is 5.75 Å². The quantitative estimate of drug-likeness (QED) is 0.130. The molecule has 44 heavy (non-hydrogen) atoms. The predicted molar refractivity (Wildman–Crippen MR) is 166 cm³/mol. The van der Waals surface area contributed by atoms with E-state index in [-0.39, 0.29) is 12.2 Å². The minimum absolute atomic E-state index is 0.0463. The maximum Gasteiger partial charge on any atom is 0.306 e. The Balaban J connectivity index is 2.01. The van der Waals surface area contributed by atoms with E-state index in [0.29, 0.717) is 37.0 Å². The fourth-order valence-corrected chi connectivity index (χ4v) is 6.07. The molecule has 1 aromatic carbocycles. The third-order valence-corrected chi connectivity index (χ3v) is 8.56. The highest BCUT2D eigenvalue weighted by atomic mass is 16.4. The number of hydrogen-bond acceptors (Lipinski definition) is 7. The first-order chi connectivity index (χ1) is 20.9. The van der Waals surface area contributed by atoms with Gasteiger partial charge in [0.05, 0.1) is 12.3 Å². The maximum atomic E-state index is 13.7. The lowest BCUT2D eigenvalue weighted by Crippen LogP contribution is -2.55. The van der Waals surface area contributed by atoms with Crippen molar-refractivity contribution in [1.82, 2.24) is 15.5 Å². The molecular formula is C33H51N3O8. The summed E-state index contributed by atoms with van der Waals surface area (Å²) in [6.07, 6.45) is 10.3. The smallest absolute Gasteiger partial charge is 0.306 e. The molecule has 0 aliphatic carbocycles. The number of carbonyl (C=O) groups excluding carboxylic acids is 4. The molecular weight excluding hydrogens is 566 g/mol. The molecule has 0 saturated carbocycles. The molecule has 0 radical (unpaired) electrons. The van der Waals surface area contributed by atoms with Crippen molar-refractivity contribution in [3.63, 3.8) is 0 Å². The number of nitrogens with one attached hydrogen (secondary N) is 2. The number of aromatic hydroxyl groups is 1. The van der Waals surface area contributed by atoms with Crippen molar-refractivity contribution < 1.29 is 39.3 Å². The Kier molecular flexibility index (Phi) is 15.3. The van der Waals surface area contributed by atoms with Crippen molar-refractivity contribution in [3.8, 4) is 5.75 Å². The lowest BCUT2D eigenvalue weighted by Gasteiger charge is -2.29. The molecule has 246 valence electrons. The summed E-state index contributed by atoms with van der Waals surface area (Å²) in [5.41, 5.74) is -1.81. The molecule has 1 aromatic rings. The van der Waals surface area contributed by atoms with Crippen molar-refractivity contribution in [2.24, 2.45) is 5.92 Å². The van der Waals surface area contributed by atoms with E-state index >= 15 is 0 Å². The molecule has 1 aliphatic heterocycles. The first-order valence-electron chi connectivity index (χ1n) is 16.0. The van der Waals surface area contributed by atoms with Crippen LogP contribution in [0, 0.1) is 5.92 Å². The van der Waals surface area contributed by atoms with Gasteiger partial charge < -0.3 is 30.9 Å². The lowest BCUT2D eigenvalue weighted by atomic mass is 9.80. The number of likely N-dealkylation sites (tertiary alicyclic amines) is 1. The molecule has 3 amide bonds. The molecule has 0 spiro atoms. The van der Waals surface area contributed by atoms with Crippen LogP contribution in [0.25, 0.3) is 0 Å². The number of phenols is 1. The molecule has 1 aliphatic rings. The van der Waals surface area contributed by atoms with Crippen molar-refractivity contribution in [1.29, 1.82) is 0 Å². The highest BCUT2D eigenvalue weighted by molar-refractivity contribution is 6.00. The lowest BCUT2D eigenvalue weighted by molar-refractivity contribution is -0.158. The van der Waals surface area contributed by atoms with Crippen LogP contribution in [-0.2, 0) is 30.4 Å². The summed E-state index contributed by atoms with van der Waals surface area (Å²) in [4.78, 5) is 64.6. The molecule has 11 heteroatoms.